The van der Waals surface area contributed by atoms with E-state index in [0.717, 1.165) is 6.42 Å². The number of ether oxygens (including phenoxy) is 2. The summed E-state index contributed by atoms with van der Waals surface area (Å²) in [5.41, 5.74) is 0. The minimum Gasteiger partial charge on any atom is -0.433 e. The van der Waals surface area contributed by atoms with Crippen LogP contribution in [0.2, 0.25) is 0 Å². The molecule has 70 valence electrons. The maximum Gasteiger partial charge on any atom is 0.312 e. The van der Waals surface area contributed by atoms with E-state index in [1.165, 1.54) is 6.42 Å². The number of carbonyl (C=O) groups excluding carboxylic acids is 1. The summed E-state index contributed by atoms with van der Waals surface area (Å²) >= 11 is 0. The maximum absolute atomic E-state index is 11.6. The molecule has 0 N–H and O–H groups in total. The summed E-state index contributed by atoms with van der Waals surface area (Å²) in [6, 6.07) is 0. The van der Waals surface area contributed by atoms with Crippen LogP contribution in [0.5, 0.6) is 0 Å². The van der Waals surface area contributed by atoms with Crippen LogP contribution in [0, 0.1) is 23.7 Å². The average Bonchev–Trinajstić information content (AvgIpc) is 2.63. The van der Waals surface area contributed by atoms with Gasteiger partial charge in [-0.25, -0.2) is 0 Å². The maximum atomic E-state index is 11.6. The fourth-order valence-corrected chi connectivity index (χ4v) is 4.23. The molecule has 4 fully saturated rings. The van der Waals surface area contributed by atoms with Crippen molar-refractivity contribution < 1.29 is 14.3 Å². The summed E-state index contributed by atoms with van der Waals surface area (Å²) < 4.78 is 11.2. The third-order valence-electron chi connectivity index (χ3n) is 4.51. The minimum absolute atomic E-state index is 0.00171. The molecule has 0 aromatic heterocycles. The van der Waals surface area contributed by atoms with E-state index >= 15 is 0 Å². The molecule has 0 radical (unpaired) electrons. The summed E-state index contributed by atoms with van der Waals surface area (Å²) in [4.78, 5) is 11.6. The largest absolute Gasteiger partial charge is 0.433 e. The average molecular weight is 180 g/mol. The van der Waals surface area contributed by atoms with Gasteiger partial charge in [-0.15, -0.1) is 0 Å². The molecular formula is C10H12O3. The van der Waals surface area contributed by atoms with E-state index in [1.54, 1.807) is 0 Å². The monoisotopic (exact) mass is 180 g/mol. The molecule has 2 heterocycles. The highest BCUT2D eigenvalue weighted by Crippen LogP contribution is 2.66. The molecule has 2 aliphatic heterocycles. The van der Waals surface area contributed by atoms with Gasteiger partial charge < -0.3 is 9.47 Å². The molecule has 3 nitrogen and oxygen atoms in total. The molecular weight excluding hydrogens is 168 g/mol. The lowest BCUT2D eigenvalue weighted by atomic mass is 9.79. The first-order chi connectivity index (χ1) is 6.19. The molecule has 0 aromatic carbocycles. The van der Waals surface area contributed by atoms with E-state index in [2.05, 4.69) is 0 Å². The Bertz CT molecular complexity index is 311. The molecule has 2 saturated heterocycles. The van der Waals surface area contributed by atoms with Crippen LogP contribution in [0.4, 0.5) is 0 Å². The quantitative estimate of drug-likeness (QED) is 0.520. The SMILES string of the molecule is C[C@]12OC(=O)[C@@H]3[C@@H]4C[C@H]([C@H]31)[C@@H](C4)O2. The highest BCUT2D eigenvalue weighted by atomic mass is 16.7. The van der Waals surface area contributed by atoms with Crippen LogP contribution in [0.3, 0.4) is 0 Å². The predicted octanol–water partition coefficient (Wildman–Crippen LogP) is 0.930. The first kappa shape index (κ1) is 6.82. The Morgan fingerprint density at radius 2 is 2.31 bits per heavy atom. The van der Waals surface area contributed by atoms with Crippen molar-refractivity contribution in [2.75, 3.05) is 0 Å². The molecule has 2 saturated carbocycles. The van der Waals surface area contributed by atoms with Crippen molar-refractivity contribution in [3.05, 3.63) is 0 Å². The number of carbonyl (C=O) groups is 1. The Kier molecular flexibility index (Phi) is 0.867. The van der Waals surface area contributed by atoms with E-state index < -0.39 is 5.79 Å². The van der Waals surface area contributed by atoms with E-state index in [1.807, 2.05) is 6.92 Å². The van der Waals surface area contributed by atoms with Crippen LogP contribution in [-0.2, 0) is 14.3 Å². The Morgan fingerprint density at radius 1 is 1.46 bits per heavy atom. The minimum atomic E-state index is -0.553. The lowest BCUT2D eigenvalue weighted by molar-refractivity contribution is -0.207. The zero-order chi connectivity index (χ0) is 8.79. The summed E-state index contributed by atoms with van der Waals surface area (Å²) in [6.45, 7) is 1.94. The first-order valence-corrected chi connectivity index (χ1v) is 5.10. The Balaban J connectivity index is 1.93. The lowest BCUT2D eigenvalue weighted by Gasteiger charge is -2.21. The number of hydrogen-bond donors (Lipinski definition) is 0. The van der Waals surface area contributed by atoms with Gasteiger partial charge in [0.25, 0.3) is 0 Å². The molecule has 4 aliphatic rings. The second-order valence-electron chi connectivity index (χ2n) is 5.04. The van der Waals surface area contributed by atoms with Gasteiger partial charge in [-0.1, -0.05) is 0 Å². The predicted molar refractivity (Wildman–Crippen MR) is 42.6 cm³/mol. The van der Waals surface area contributed by atoms with Gasteiger partial charge in [0.2, 0.25) is 5.79 Å². The molecule has 2 bridgehead atoms. The van der Waals surface area contributed by atoms with Crippen LogP contribution in [0.15, 0.2) is 0 Å². The van der Waals surface area contributed by atoms with Crippen molar-refractivity contribution >= 4 is 5.97 Å². The molecule has 6 atom stereocenters. The van der Waals surface area contributed by atoms with Gasteiger partial charge >= 0.3 is 5.97 Å². The molecule has 0 aromatic rings. The smallest absolute Gasteiger partial charge is 0.312 e. The van der Waals surface area contributed by atoms with E-state index in [4.69, 9.17) is 9.47 Å². The van der Waals surface area contributed by atoms with Crippen LogP contribution in [0.1, 0.15) is 19.8 Å². The number of fused-ring (bicyclic) bond motifs is 2. The molecule has 4 rings (SSSR count). The van der Waals surface area contributed by atoms with Gasteiger partial charge in [0, 0.05) is 12.8 Å². The number of esters is 1. The number of rotatable bonds is 0. The summed E-state index contributed by atoms with van der Waals surface area (Å²) in [6.07, 6.45) is 2.69. The Hall–Kier alpha value is -0.570. The van der Waals surface area contributed by atoms with Gasteiger partial charge in [-0.05, 0) is 24.7 Å². The van der Waals surface area contributed by atoms with E-state index in [-0.39, 0.29) is 11.9 Å². The van der Waals surface area contributed by atoms with Gasteiger partial charge in [0.1, 0.15) is 0 Å². The summed E-state index contributed by atoms with van der Waals surface area (Å²) in [7, 11) is 0. The van der Waals surface area contributed by atoms with Crippen molar-refractivity contribution in [3.8, 4) is 0 Å². The molecule has 0 amide bonds. The molecule has 0 spiro atoms. The second kappa shape index (κ2) is 1.65. The summed E-state index contributed by atoms with van der Waals surface area (Å²) in [5.74, 6) is 1.18. The van der Waals surface area contributed by atoms with Gasteiger partial charge in [-0.3, -0.25) is 4.79 Å². The third-order valence-corrected chi connectivity index (χ3v) is 4.51. The highest BCUT2D eigenvalue weighted by Gasteiger charge is 2.73. The lowest BCUT2D eigenvalue weighted by Crippen LogP contribution is -2.30. The zero-order valence-electron chi connectivity index (χ0n) is 7.53. The van der Waals surface area contributed by atoms with Crippen molar-refractivity contribution in [1.29, 1.82) is 0 Å². The highest BCUT2D eigenvalue weighted by molar-refractivity contribution is 5.77. The second-order valence-corrected chi connectivity index (χ2v) is 5.04. The first-order valence-electron chi connectivity index (χ1n) is 5.10. The topological polar surface area (TPSA) is 35.5 Å². The fraction of sp³-hybridized carbons (Fsp3) is 0.900. The van der Waals surface area contributed by atoms with Crippen LogP contribution in [-0.4, -0.2) is 17.9 Å². The number of hydrogen-bond acceptors (Lipinski definition) is 3. The van der Waals surface area contributed by atoms with Crippen molar-refractivity contribution in [1.82, 2.24) is 0 Å². The zero-order valence-corrected chi connectivity index (χ0v) is 7.53. The molecule has 2 aliphatic carbocycles. The van der Waals surface area contributed by atoms with Gasteiger partial charge in [-0.2, -0.15) is 0 Å². The van der Waals surface area contributed by atoms with Crippen LogP contribution >= 0.6 is 0 Å². The standard InChI is InChI=1S/C10H12O3/c1-10-8-5-2-4(3-6(5)12-10)7(8)9(11)13-10/h4-8H,2-3H2,1H3/t4-,5+,6-,7-,8-,10+/m1/s1. The van der Waals surface area contributed by atoms with E-state index in [0.29, 0.717) is 23.9 Å². The Morgan fingerprint density at radius 3 is 3.15 bits per heavy atom. The fourth-order valence-electron chi connectivity index (χ4n) is 4.23. The third kappa shape index (κ3) is 0.539. The normalized spacial score (nSPS) is 66.2. The van der Waals surface area contributed by atoms with Crippen LogP contribution in [0.25, 0.3) is 0 Å². The molecule has 3 heteroatoms. The molecule has 13 heavy (non-hydrogen) atoms. The van der Waals surface area contributed by atoms with Crippen LogP contribution < -0.4 is 0 Å². The molecule has 0 unspecified atom stereocenters. The van der Waals surface area contributed by atoms with Crippen molar-refractivity contribution in [2.24, 2.45) is 23.7 Å². The Labute approximate surface area is 76.4 Å². The van der Waals surface area contributed by atoms with E-state index in [9.17, 15) is 4.79 Å². The van der Waals surface area contributed by atoms with Crippen molar-refractivity contribution in [2.45, 2.75) is 31.7 Å². The van der Waals surface area contributed by atoms with Gasteiger partial charge in [0.05, 0.1) is 12.0 Å². The summed E-state index contributed by atoms with van der Waals surface area (Å²) in [5, 5.41) is 0. The van der Waals surface area contributed by atoms with Gasteiger partial charge in [0.15, 0.2) is 0 Å². The van der Waals surface area contributed by atoms with Crippen molar-refractivity contribution in [3.63, 3.8) is 0 Å².